The number of likely N-dealkylation sites (tertiary alicyclic amines) is 1. The molecule has 0 radical (unpaired) electrons. The maximum absolute atomic E-state index is 14.5. The highest BCUT2D eigenvalue weighted by Crippen LogP contribution is 2.40. The zero-order valence-electron chi connectivity index (χ0n) is 39.9. The molecular weight excluding hydrogens is 813 g/mol. The van der Waals surface area contributed by atoms with Crippen LogP contribution < -0.4 is 16.0 Å². The van der Waals surface area contributed by atoms with E-state index in [-0.39, 0.29) is 72.5 Å². The van der Waals surface area contributed by atoms with Crippen LogP contribution in [-0.4, -0.2) is 151 Å². The molecule has 0 saturated carbocycles. The molecule has 0 bridgehead atoms. The van der Waals surface area contributed by atoms with Crippen molar-refractivity contribution < 1.29 is 46.5 Å². The lowest BCUT2D eigenvalue weighted by Gasteiger charge is -2.49. The standard InChI is InChI=1S/C46H80N6O9S/c1-14-31(6)39(50(11)45(56)38(29(2)3)49-44(55)40(30(4)5)52(12)25-26-52)32(7)34(9)46(10,57)51-24-19-22-37(51)41(61-13)33(8)42(53)48-36(28-35-20-17-15-16-18-21-35)43(54)47-23-27-62(58,59)60/h15,17-18,20-21,29-34,36-41,57H,14,16,19,22-28H2,1-13H3,(H3-,47,48,49,53,54,55,58,59,60)/p+1. The van der Waals surface area contributed by atoms with Crippen LogP contribution in [0.2, 0.25) is 0 Å². The Hall–Kier alpha value is -3.15. The highest BCUT2D eigenvalue weighted by Gasteiger charge is 2.52. The van der Waals surface area contributed by atoms with E-state index in [4.69, 9.17) is 4.74 Å². The van der Waals surface area contributed by atoms with Gasteiger partial charge in [-0.25, -0.2) is 0 Å². The van der Waals surface area contributed by atoms with Gasteiger partial charge in [-0.3, -0.25) is 28.6 Å². The summed E-state index contributed by atoms with van der Waals surface area (Å²) in [5.41, 5.74) is -0.598. The fourth-order valence-corrected chi connectivity index (χ4v) is 10.2. The average molecular weight is 894 g/mol. The van der Waals surface area contributed by atoms with Crippen LogP contribution in [0.5, 0.6) is 0 Å². The Balaban J connectivity index is 1.84. The van der Waals surface area contributed by atoms with Crippen LogP contribution in [0.3, 0.4) is 0 Å². The van der Waals surface area contributed by atoms with Gasteiger partial charge in [0.15, 0.2) is 6.04 Å². The number of ether oxygens (including phenoxy) is 1. The van der Waals surface area contributed by atoms with Crippen molar-refractivity contribution in [3.63, 3.8) is 0 Å². The smallest absolute Gasteiger partial charge is 0.279 e. The first kappa shape index (κ1) is 53.2. The van der Waals surface area contributed by atoms with Crippen LogP contribution in [0.15, 0.2) is 36.0 Å². The maximum atomic E-state index is 14.5. The fraction of sp³-hybridized carbons (Fsp3) is 0.783. The van der Waals surface area contributed by atoms with Crippen LogP contribution in [0.25, 0.3) is 0 Å². The third-order valence-electron chi connectivity index (χ3n) is 14.2. The van der Waals surface area contributed by atoms with Crippen LogP contribution in [0.4, 0.5) is 0 Å². The summed E-state index contributed by atoms with van der Waals surface area (Å²) < 4.78 is 38.6. The van der Waals surface area contributed by atoms with Crippen LogP contribution >= 0.6 is 0 Å². The minimum Gasteiger partial charge on any atom is -0.379 e. The average Bonchev–Trinajstić information content (AvgIpc) is 3.83. The Kier molecular flexibility index (Phi) is 19.4. The lowest BCUT2D eigenvalue weighted by atomic mass is 9.75. The molecule has 1 aliphatic carbocycles. The van der Waals surface area contributed by atoms with E-state index in [9.17, 15) is 37.3 Å². The summed E-state index contributed by atoms with van der Waals surface area (Å²) >= 11 is 0. The molecule has 5 N–H and O–H groups in total. The van der Waals surface area contributed by atoms with Crippen molar-refractivity contribution >= 4 is 33.7 Å². The summed E-state index contributed by atoms with van der Waals surface area (Å²) in [4.78, 5) is 59.7. The van der Waals surface area contributed by atoms with Crippen molar-refractivity contribution in [1.29, 1.82) is 0 Å². The van der Waals surface area contributed by atoms with Gasteiger partial charge in [0, 0.05) is 57.6 Å². The number of allylic oxidation sites excluding steroid dienone is 5. The van der Waals surface area contributed by atoms with E-state index in [0.717, 1.165) is 31.5 Å². The highest BCUT2D eigenvalue weighted by atomic mass is 32.2. The van der Waals surface area contributed by atoms with E-state index in [2.05, 4.69) is 57.6 Å². The number of aliphatic hydroxyl groups is 1. The molecule has 62 heavy (non-hydrogen) atoms. The molecule has 15 nitrogen and oxygen atoms in total. The number of carbonyl (C=O) groups excluding carboxylic acids is 4. The van der Waals surface area contributed by atoms with Gasteiger partial charge in [-0.15, -0.1) is 0 Å². The molecular formula is C46H81N6O9S+. The monoisotopic (exact) mass is 894 g/mol. The molecule has 354 valence electrons. The van der Waals surface area contributed by atoms with Crippen molar-refractivity contribution in [3.8, 4) is 0 Å². The first-order valence-electron chi connectivity index (χ1n) is 22.8. The Morgan fingerprint density at radius 2 is 1.65 bits per heavy atom. The van der Waals surface area contributed by atoms with E-state index < -0.39 is 57.5 Å². The number of hydrogen-bond acceptors (Lipinski definition) is 9. The SMILES string of the molecule is CCC(C)C(C(C)C(C)C(C)(O)N1CCCC1C(OC)C(C)C(=O)NC(CC1=CC=CCC=C1)C(=O)NCCS(=O)(=O)O)N(C)C(=O)C(NC(=O)C(C(C)C)[N+]1(C)CC1)C(C)C. The first-order chi connectivity index (χ1) is 28.8. The van der Waals surface area contributed by atoms with E-state index >= 15 is 0 Å². The van der Waals surface area contributed by atoms with E-state index in [1.807, 2.05) is 63.1 Å². The Morgan fingerprint density at radius 1 is 1.00 bits per heavy atom. The quantitative estimate of drug-likeness (QED) is 0.0539. The van der Waals surface area contributed by atoms with Gasteiger partial charge >= 0.3 is 0 Å². The van der Waals surface area contributed by atoms with Gasteiger partial charge in [0.05, 0.1) is 24.8 Å². The van der Waals surface area contributed by atoms with E-state index in [1.54, 1.807) is 18.7 Å². The summed E-state index contributed by atoms with van der Waals surface area (Å²) in [5.74, 6) is -3.25. The topological polar surface area (TPSA) is 195 Å². The minimum absolute atomic E-state index is 0.0643. The predicted octanol–water partition coefficient (Wildman–Crippen LogP) is 3.90. The second-order valence-corrected chi connectivity index (χ2v) is 21.0. The van der Waals surface area contributed by atoms with Gasteiger partial charge < -0.3 is 35.2 Å². The summed E-state index contributed by atoms with van der Waals surface area (Å²) in [6.45, 7) is 22.0. The molecule has 0 aromatic rings. The molecule has 2 heterocycles. The molecule has 3 rings (SSSR count). The van der Waals surface area contributed by atoms with Crippen molar-refractivity contribution in [1.82, 2.24) is 25.8 Å². The third kappa shape index (κ3) is 13.7. The van der Waals surface area contributed by atoms with Crippen LogP contribution in [0.1, 0.15) is 101 Å². The molecule has 0 aromatic carbocycles. The second-order valence-electron chi connectivity index (χ2n) is 19.5. The lowest BCUT2D eigenvalue weighted by Crippen LogP contribution is -2.62. The third-order valence-corrected chi connectivity index (χ3v) is 14.9. The number of nitrogens with one attached hydrogen (secondary N) is 3. The predicted molar refractivity (Wildman–Crippen MR) is 243 cm³/mol. The highest BCUT2D eigenvalue weighted by molar-refractivity contribution is 7.85. The number of methoxy groups -OCH3 is 1. The van der Waals surface area contributed by atoms with E-state index in [0.29, 0.717) is 23.9 Å². The molecule has 3 aliphatic rings. The summed E-state index contributed by atoms with van der Waals surface area (Å²) in [6, 6.07) is -2.64. The number of nitrogens with zero attached hydrogens (tertiary/aromatic N) is 3. The molecule has 11 atom stereocenters. The minimum atomic E-state index is -4.31. The zero-order chi connectivity index (χ0) is 46.9. The summed E-state index contributed by atoms with van der Waals surface area (Å²) in [5, 5.41) is 21.2. The first-order valence-corrected chi connectivity index (χ1v) is 24.4. The van der Waals surface area contributed by atoms with Crippen LogP contribution in [0, 0.1) is 35.5 Å². The number of carbonyl (C=O) groups is 4. The van der Waals surface area contributed by atoms with Crippen molar-refractivity contribution in [2.24, 2.45) is 35.5 Å². The van der Waals surface area contributed by atoms with Crippen LogP contribution in [-0.2, 0) is 34.0 Å². The summed E-state index contributed by atoms with van der Waals surface area (Å²) in [6.07, 6.45) is 11.9. The molecule has 0 aromatic heterocycles. The van der Waals surface area contributed by atoms with Gasteiger partial charge in [0.2, 0.25) is 17.7 Å². The van der Waals surface area contributed by atoms with Gasteiger partial charge in [-0.1, -0.05) is 99.1 Å². The lowest BCUT2D eigenvalue weighted by molar-refractivity contribution is -0.799. The number of hydrogen-bond donors (Lipinski definition) is 5. The Bertz CT molecular complexity index is 1740. The molecule has 2 fully saturated rings. The number of likely N-dealkylation sites (N-methyl/N-ethyl adjacent to an activating group) is 2. The Labute approximate surface area is 372 Å². The zero-order valence-corrected chi connectivity index (χ0v) is 40.7. The number of amides is 4. The normalized spacial score (nSPS) is 23.1. The van der Waals surface area contributed by atoms with Gasteiger partial charge in [-0.05, 0) is 49.5 Å². The molecule has 16 heteroatoms. The second kappa shape index (κ2) is 22.7. The maximum Gasteiger partial charge on any atom is 0.279 e. The van der Waals surface area contributed by atoms with Gasteiger partial charge in [-0.2, -0.15) is 8.42 Å². The largest absolute Gasteiger partial charge is 0.379 e. The fourth-order valence-electron chi connectivity index (χ4n) is 9.88. The molecule has 0 spiro atoms. The van der Waals surface area contributed by atoms with Crippen molar-refractivity contribution in [2.75, 3.05) is 53.1 Å². The van der Waals surface area contributed by atoms with E-state index in [1.165, 1.54) is 7.11 Å². The Morgan fingerprint density at radius 3 is 2.19 bits per heavy atom. The van der Waals surface area contributed by atoms with Crippen molar-refractivity contribution in [2.45, 2.75) is 143 Å². The van der Waals surface area contributed by atoms with Gasteiger partial charge in [0.25, 0.3) is 16.0 Å². The number of quaternary nitrogens is 1. The number of rotatable bonds is 24. The molecule has 4 amide bonds. The molecule has 2 saturated heterocycles. The molecule has 11 unspecified atom stereocenters. The van der Waals surface area contributed by atoms with Crippen molar-refractivity contribution in [3.05, 3.63) is 36.0 Å². The molecule has 2 aliphatic heterocycles. The van der Waals surface area contributed by atoms with Gasteiger partial charge in [0.1, 0.15) is 30.9 Å². The summed E-state index contributed by atoms with van der Waals surface area (Å²) in [7, 11) is 1.14.